The molecule has 4 rings (SSSR count). The van der Waals surface area contributed by atoms with Crippen molar-refractivity contribution in [3.05, 3.63) is 66.0 Å². The van der Waals surface area contributed by atoms with E-state index in [1.165, 1.54) is 17.8 Å². The lowest BCUT2D eigenvalue weighted by Gasteiger charge is -2.25. The first-order chi connectivity index (χ1) is 15.0. The van der Waals surface area contributed by atoms with Crippen LogP contribution in [0.1, 0.15) is 30.5 Å². The zero-order chi connectivity index (χ0) is 21.8. The Hall–Kier alpha value is -2.71. The average molecular weight is 440 g/mol. The van der Waals surface area contributed by atoms with Gasteiger partial charge in [0.1, 0.15) is 5.82 Å². The summed E-state index contributed by atoms with van der Waals surface area (Å²) in [6.07, 6.45) is 2.03. The minimum atomic E-state index is -0.318. The largest absolute Gasteiger partial charge is 0.353 e. The van der Waals surface area contributed by atoms with E-state index in [2.05, 4.69) is 32.5 Å². The van der Waals surface area contributed by atoms with Crippen LogP contribution < -0.4 is 5.32 Å². The molecule has 1 fully saturated rings. The number of halogens is 1. The highest BCUT2D eigenvalue weighted by atomic mass is 32.2. The van der Waals surface area contributed by atoms with Crippen LogP contribution in [0.2, 0.25) is 0 Å². The monoisotopic (exact) mass is 439 g/mol. The number of nitrogens with one attached hydrogen (secondary N) is 1. The van der Waals surface area contributed by atoms with E-state index in [0.717, 1.165) is 18.4 Å². The zero-order valence-electron chi connectivity index (χ0n) is 17.7. The summed E-state index contributed by atoms with van der Waals surface area (Å²) in [5.41, 5.74) is 1.60. The lowest BCUT2D eigenvalue weighted by atomic mass is 10.1. The number of likely N-dealkylation sites (N-methyl/N-ethyl adjacent to an activating group) is 1. The van der Waals surface area contributed by atoms with E-state index >= 15 is 0 Å². The standard InChI is InChI=1S/C23H26FN5OS/c1-28(2)20(16-8-4-3-5-9-16)14-25-21(30)15-31-23-27-26-22(29(23)17-12-13-17)18-10-6-7-11-19(18)24/h3-11,17,20H,12-15H2,1-2H3,(H,25,30)/t20-/m0/s1. The van der Waals surface area contributed by atoms with Gasteiger partial charge in [-0.15, -0.1) is 10.2 Å². The van der Waals surface area contributed by atoms with Crippen LogP contribution in [0.4, 0.5) is 4.39 Å². The smallest absolute Gasteiger partial charge is 0.230 e. The first kappa shape index (κ1) is 21.5. The van der Waals surface area contributed by atoms with Crippen molar-refractivity contribution in [1.82, 2.24) is 25.0 Å². The second kappa shape index (κ2) is 9.62. The quantitative estimate of drug-likeness (QED) is 0.512. The van der Waals surface area contributed by atoms with Crippen molar-refractivity contribution in [2.45, 2.75) is 30.1 Å². The maximum Gasteiger partial charge on any atom is 0.230 e. The summed E-state index contributed by atoms with van der Waals surface area (Å²) in [6.45, 7) is 0.520. The number of carbonyl (C=O) groups is 1. The van der Waals surface area contributed by atoms with Gasteiger partial charge in [-0.25, -0.2) is 4.39 Å². The second-order valence-corrected chi connectivity index (χ2v) is 8.81. The first-order valence-corrected chi connectivity index (χ1v) is 11.3. The molecule has 0 saturated heterocycles. The molecule has 1 atom stereocenters. The molecule has 0 unspecified atom stereocenters. The van der Waals surface area contributed by atoms with Crippen LogP contribution in [0.3, 0.4) is 0 Å². The molecule has 3 aromatic rings. The van der Waals surface area contributed by atoms with E-state index in [1.54, 1.807) is 18.2 Å². The van der Waals surface area contributed by atoms with Gasteiger partial charge in [0.2, 0.25) is 5.91 Å². The van der Waals surface area contributed by atoms with Crippen molar-refractivity contribution in [3.8, 4) is 11.4 Å². The number of carbonyl (C=O) groups excluding carboxylic acids is 1. The average Bonchev–Trinajstić information content (AvgIpc) is 3.52. The van der Waals surface area contributed by atoms with Gasteiger partial charge in [-0.3, -0.25) is 9.36 Å². The summed E-state index contributed by atoms with van der Waals surface area (Å²) in [4.78, 5) is 14.6. The molecular formula is C23H26FN5OS. The van der Waals surface area contributed by atoms with Crippen molar-refractivity contribution in [3.63, 3.8) is 0 Å². The maximum absolute atomic E-state index is 14.3. The molecule has 8 heteroatoms. The van der Waals surface area contributed by atoms with Crippen LogP contribution >= 0.6 is 11.8 Å². The number of amides is 1. The molecule has 0 radical (unpaired) electrons. The highest BCUT2D eigenvalue weighted by Gasteiger charge is 2.31. The van der Waals surface area contributed by atoms with E-state index in [9.17, 15) is 9.18 Å². The molecule has 1 aromatic heterocycles. The third-order valence-electron chi connectivity index (χ3n) is 5.32. The van der Waals surface area contributed by atoms with Gasteiger partial charge < -0.3 is 10.2 Å². The maximum atomic E-state index is 14.3. The second-order valence-electron chi connectivity index (χ2n) is 7.87. The van der Waals surface area contributed by atoms with Gasteiger partial charge in [0.25, 0.3) is 0 Å². The fraction of sp³-hybridized carbons (Fsp3) is 0.348. The topological polar surface area (TPSA) is 63.1 Å². The van der Waals surface area contributed by atoms with Crippen molar-refractivity contribution in [2.24, 2.45) is 0 Å². The van der Waals surface area contributed by atoms with Crippen LogP contribution in [0, 0.1) is 5.82 Å². The molecule has 1 aliphatic rings. The van der Waals surface area contributed by atoms with Gasteiger partial charge in [0.05, 0.1) is 17.4 Å². The lowest BCUT2D eigenvalue weighted by Crippen LogP contribution is -2.35. The van der Waals surface area contributed by atoms with Gasteiger partial charge in [0, 0.05) is 12.6 Å². The Morgan fingerprint density at radius 1 is 1.16 bits per heavy atom. The van der Waals surface area contributed by atoms with E-state index in [1.807, 2.05) is 36.9 Å². The lowest BCUT2D eigenvalue weighted by molar-refractivity contribution is -0.118. The van der Waals surface area contributed by atoms with Gasteiger partial charge >= 0.3 is 0 Å². The predicted octanol–water partition coefficient (Wildman–Crippen LogP) is 3.93. The van der Waals surface area contributed by atoms with Crippen molar-refractivity contribution in [2.75, 3.05) is 26.4 Å². The Balaban J connectivity index is 1.40. The van der Waals surface area contributed by atoms with E-state index in [4.69, 9.17) is 0 Å². The molecule has 6 nitrogen and oxygen atoms in total. The summed E-state index contributed by atoms with van der Waals surface area (Å²) in [5, 5.41) is 12.2. The Morgan fingerprint density at radius 3 is 2.55 bits per heavy atom. The molecule has 1 N–H and O–H groups in total. The van der Waals surface area contributed by atoms with Gasteiger partial charge in [-0.05, 0) is 44.6 Å². The molecule has 0 aliphatic heterocycles. The summed E-state index contributed by atoms with van der Waals surface area (Å²) in [5.74, 6) is 0.379. The number of hydrogen-bond donors (Lipinski definition) is 1. The summed E-state index contributed by atoms with van der Waals surface area (Å²) >= 11 is 1.34. The number of thioether (sulfide) groups is 1. The third-order valence-corrected chi connectivity index (χ3v) is 6.27. The summed E-state index contributed by atoms with van der Waals surface area (Å²) < 4.78 is 16.3. The Labute approximate surface area is 185 Å². The number of benzene rings is 2. The molecule has 1 aliphatic carbocycles. The van der Waals surface area contributed by atoms with Gasteiger partial charge in [-0.1, -0.05) is 54.2 Å². The van der Waals surface area contributed by atoms with Gasteiger partial charge in [-0.2, -0.15) is 0 Å². The molecule has 0 spiro atoms. The SMILES string of the molecule is CN(C)[C@@H](CNC(=O)CSc1nnc(-c2ccccc2F)n1C1CC1)c1ccccc1. The molecule has 31 heavy (non-hydrogen) atoms. The predicted molar refractivity (Wildman–Crippen MR) is 120 cm³/mol. The Kier molecular flexibility index (Phi) is 6.67. The van der Waals surface area contributed by atoms with Crippen LogP contribution in [0.25, 0.3) is 11.4 Å². The van der Waals surface area contributed by atoms with Crippen LogP contribution in [0.5, 0.6) is 0 Å². The number of nitrogens with zero attached hydrogens (tertiary/aromatic N) is 4. The highest BCUT2D eigenvalue weighted by molar-refractivity contribution is 7.99. The normalized spacial score (nSPS) is 14.6. The van der Waals surface area contributed by atoms with Crippen LogP contribution in [-0.2, 0) is 4.79 Å². The fourth-order valence-electron chi connectivity index (χ4n) is 3.53. The van der Waals surface area contributed by atoms with E-state index in [0.29, 0.717) is 23.1 Å². The Morgan fingerprint density at radius 2 is 1.87 bits per heavy atom. The van der Waals surface area contributed by atoms with E-state index < -0.39 is 0 Å². The molecular weight excluding hydrogens is 413 g/mol. The van der Waals surface area contributed by atoms with Crippen molar-refractivity contribution in [1.29, 1.82) is 0 Å². The van der Waals surface area contributed by atoms with Crippen molar-refractivity contribution >= 4 is 17.7 Å². The number of rotatable bonds is 9. The Bertz CT molecular complexity index is 1040. The molecule has 0 bridgehead atoms. The number of hydrogen-bond acceptors (Lipinski definition) is 5. The van der Waals surface area contributed by atoms with E-state index in [-0.39, 0.29) is 29.6 Å². The highest BCUT2D eigenvalue weighted by Crippen LogP contribution is 2.41. The summed E-state index contributed by atoms with van der Waals surface area (Å²) in [7, 11) is 4.00. The fourth-order valence-corrected chi connectivity index (χ4v) is 4.36. The molecule has 2 aromatic carbocycles. The molecule has 1 amide bonds. The van der Waals surface area contributed by atoms with Gasteiger partial charge in [0.15, 0.2) is 11.0 Å². The minimum Gasteiger partial charge on any atom is -0.353 e. The molecule has 162 valence electrons. The van der Waals surface area contributed by atoms with Crippen molar-refractivity contribution < 1.29 is 9.18 Å². The molecule has 1 saturated carbocycles. The minimum absolute atomic E-state index is 0.0643. The van der Waals surface area contributed by atoms with Crippen LogP contribution in [0.15, 0.2) is 59.8 Å². The summed E-state index contributed by atoms with van der Waals surface area (Å²) in [6, 6.07) is 17.1. The molecule has 1 heterocycles. The van der Waals surface area contributed by atoms with Crippen LogP contribution in [-0.4, -0.2) is 52.0 Å². The number of aromatic nitrogens is 3. The third kappa shape index (κ3) is 5.14. The zero-order valence-corrected chi connectivity index (χ0v) is 18.5. The first-order valence-electron chi connectivity index (χ1n) is 10.3.